The van der Waals surface area contributed by atoms with Crippen LogP contribution in [0.25, 0.3) is 0 Å². The minimum Gasteiger partial charge on any atom is -0.334 e. The molecule has 0 aliphatic heterocycles. The van der Waals surface area contributed by atoms with Gasteiger partial charge in [-0.05, 0) is 44.4 Å². The summed E-state index contributed by atoms with van der Waals surface area (Å²) < 4.78 is 0. The first kappa shape index (κ1) is 27.4. The largest absolute Gasteiger partial charge is 0.340 e. The third-order valence-corrected chi connectivity index (χ3v) is 5.87. The molecule has 0 unspecified atom stereocenters. The maximum atomic E-state index is 11.6. The summed E-state index contributed by atoms with van der Waals surface area (Å²) in [5.74, 6) is 1.15. The lowest BCUT2D eigenvalue weighted by molar-refractivity contribution is 0.191. The van der Waals surface area contributed by atoms with Crippen LogP contribution in [0, 0.1) is 15.7 Å². The third kappa shape index (κ3) is 11.0. The molecule has 12 heteroatoms. The van der Waals surface area contributed by atoms with E-state index >= 15 is 0 Å². The quantitative estimate of drug-likeness (QED) is 0.295. The molecule has 178 valence electrons. The molecule has 0 bridgehead atoms. The van der Waals surface area contributed by atoms with Crippen molar-refractivity contribution in [3.8, 4) is 0 Å². The fourth-order valence-electron chi connectivity index (χ4n) is 3.67. The van der Waals surface area contributed by atoms with Crippen molar-refractivity contribution < 1.29 is 9.59 Å². The number of hydrogen-bond donors (Lipinski definition) is 2. The summed E-state index contributed by atoms with van der Waals surface area (Å²) in [6, 6.07) is -0.512. The summed E-state index contributed by atoms with van der Waals surface area (Å²) in [5.41, 5.74) is 0. The van der Waals surface area contributed by atoms with Gasteiger partial charge in [0.05, 0.1) is 23.7 Å². The molecule has 0 saturated heterocycles. The van der Waals surface area contributed by atoms with Gasteiger partial charge in [-0.1, -0.05) is 26.2 Å². The van der Waals surface area contributed by atoms with Crippen LogP contribution in [0.4, 0.5) is 9.59 Å². The van der Waals surface area contributed by atoms with Crippen molar-refractivity contribution in [2.45, 2.75) is 76.8 Å². The van der Waals surface area contributed by atoms with Crippen molar-refractivity contribution in [3.05, 3.63) is 9.81 Å². The van der Waals surface area contributed by atoms with Gasteiger partial charge in [-0.15, -0.1) is 33.0 Å². The SMILES string of the molecule is CC1CCC(NC(=O)N(CCCl)N=O)CC1.O=NN(CCCl)C(=O)NC1CCCCC1. The lowest BCUT2D eigenvalue weighted by atomic mass is 9.87. The van der Waals surface area contributed by atoms with Gasteiger partial charge in [-0.2, -0.15) is 10.0 Å². The van der Waals surface area contributed by atoms with E-state index < -0.39 is 12.1 Å². The van der Waals surface area contributed by atoms with Crippen LogP contribution in [0.5, 0.6) is 0 Å². The molecule has 2 aliphatic carbocycles. The number of halogens is 2. The molecule has 2 rings (SSSR count). The summed E-state index contributed by atoms with van der Waals surface area (Å²) in [4.78, 5) is 43.8. The standard InChI is InChI=1S/C10H18ClN3O2.C9H16ClN3O2/c1-8-2-4-9(5-3-8)12-10(15)14(13-16)7-6-11;10-6-7-13(12-15)9(14)11-8-4-2-1-3-5-8/h8-9H,2-7H2,1H3,(H,12,15);8H,1-7H2,(H,11,14). The highest BCUT2D eigenvalue weighted by Crippen LogP contribution is 2.23. The Morgan fingerprint density at radius 3 is 1.58 bits per heavy atom. The Morgan fingerprint density at radius 1 is 0.774 bits per heavy atom. The average Bonchev–Trinajstić information content (AvgIpc) is 2.78. The van der Waals surface area contributed by atoms with E-state index in [-0.39, 0.29) is 36.9 Å². The molecule has 0 heterocycles. The molecule has 0 atom stereocenters. The maximum absolute atomic E-state index is 11.6. The van der Waals surface area contributed by atoms with Crippen molar-refractivity contribution in [2.24, 2.45) is 16.5 Å². The van der Waals surface area contributed by atoms with E-state index in [1.807, 2.05) is 0 Å². The highest BCUT2D eigenvalue weighted by molar-refractivity contribution is 6.18. The molecule has 0 aromatic heterocycles. The third-order valence-electron chi connectivity index (χ3n) is 5.53. The van der Waals surface area contributed by atoms with Gasteiger partial charge in [0.2, 0.25) is 0 Å². The lowest BCUT2D eigenvalue weighted by Crippen LogP contribution is -2.44. The number of nitroso groups, excluding NO2 is 2. The molecule has 0 radical (unpaired) electrons. The number of amides is 4. The Labute approximate surface area is 193 Å². The van der Waals surface area contributed by atoms with Crippen molar-refractivity contribution >= 4 is 35.3 Å². The predicted molar refractivity (Wildman–Crippen MR) is 122 cm³/mol. The number of hydrogen-bond acceptors (Lipinski definition) is 6. The van der Waals surface area contributed by atoms with Crippen LogP contribution in [0.2, 0.25) is 0 Å². The Bertz CT molecular complexity index is 558. The van der Waals surface area contributed by atoms with Crippen molar-refractivity contribution in [2.75, 3.05) is 24.8 Å². The molecule has 2 saturated carbocycles. The van der Waals surface area contributed by atoms with Gasteiger partial charge in [-0.25, -0.2) is 9.59 Å². The van der Waals surface area contributed by atoms with Gasteiger partial charge in [0.25, 0.3) is 0 Å². The van der Waals surface area contributed by atoms with E-state index in [4.69, 9.17) is 23.2 Å². The van der Waals surface area contributed by atoms with Gasteiger partial charge >= 0.3 is 12.1 Å². The van der Waals surface area contributed by atoms with Crippen LogP contribution >= 0.6 is 23.2 Å². The smallest absolute Gasteiger partial charge is 0.334 e. The van der Waals surface area contributed by atoms with Gasteiger partial charge in [0.1, 0.15) is 0 Å². The highest BCUT2D eigenvalue weighted by atomic mass is 35.5. The van der Waals surface area contributed by atoms with Gasteiger partial charge < -0.3 is 10.6 Å². The number of rotatable bonds is 8. The second-order valence-corrected chi connectivity index (χ2v) is 8.73. The predicted octanol–water partition coefficient (Wildman–Crippen LogP) is 4.75. The van der Waals surface area contributed by atoms with Crippen LogP contribution < -0.4 is 10.6 Å². The van der Waals surface area contributed by atoms with Crippen LogP contribution in [0.15, 0.2) is 10.6 Å². The molecule has 0 aromatic rings. The fourth-order valence-corrected chi connectivity index (χ4v) is 3.99. The van der Waals surface area contributed by atoms with E-state index in [1.165, 1.54) is 6.42 Å². The molecule has 4 amide bonds. The zero-order valence-corrected chi connectivity index (χ0v) is 19.6. The molecule has 0 spiro atoms. The van der Waals surface area contributed by atoms with E-state index in [0.717, 1.165) is 67.3 Å². The maximum Gasteiger partial charge on any atom is 0.340 e. The summed E-state index contributed by atoms with van der Waals surface area (Å²) >= 11 is 10.9. The molecule has 10 nitrogen and oxygen atoms in total. The summed E-state index contributed by atoms with van der Waals surface area (Å²) in [6.45, 7) is 2.52. The normalized spacial score (nSPS) is 21.1. The lowest BCUT2D eigenvalue weighted by Gasteiger charge is -2.27. The number of nitrogens with one attached hydrogen (secondary N) is 2. The number of urea groups is 2. The van der Waals surface area contributed by atoms with Crippen molar-refractivity contribution in [1.82, 2.24) is 20.7 Å². The Hall–Kier alpha value is -1.68. The molecular weight excluding hydrogens is 447 g/mol. The Morgan fingerprint density at radius 2 is 1.19 bits per heavy atom. The molecule has 31 heavy (non-hydrogen) atoms. The van der Waals surface area contributed by atoms with Crippen LogP contribution in [0.1, 0.15) is 64.7 Å². The van der Waals surface area contributed by atoms with Gasteiger partial charge in [0, 0.05) is 23.8 Å². The van der Waals surface area contributed by atoms with Gasteiger partial charge in [-0.3, -0.25) is 0 Å². The summed E-state index contributed by atoms with van der Waals surface area (Å²) in [5, 5.41) is 12.5. The molecule has 2 N–H and O–H groups in total. The highest BCUT2D eigenvalue weighted by Gasteiger charge is 2.22. The number of alkyl halides is 2. The number of carbonyl (C=O) groups is 2. The topological polar surface area (TPSA) is 124 Å². The molecule has 2 fully saturated rings. The molecule has 0 aromatic carbocycles. The van der Waals surface area contributed by atoms with Crippen molar-refractivity contribution in [1.29, 1.82) is 0 Å². The van der Waals surface area contributed by atoms with Crippen molar-refractivity contribution in [3.63, 3.8) is 0 Å². The average molecular weight is 481 g/mol. The Kier molecular flexibility index (Phi) is 14.1. The number of nitrogens with zero attached hydrogens (tertiary/aromatic N) is 4. The number of carbonyl (C=O) groups excluding carboxylic acids is 2. The van der Waals surface area contributed by atoms with E-state index in [2.05, 4.69) is 28.1 Å². The second-order valence-electron chi connectivity index (χ2n) is 7.98. The first-order valence-corrected chi connectivity index (χ1v) is 12.0. The fraction of sp³-hybridized carbons (Fsp3) is 0.895. The van der Waals surface area contributed by atoms with E-state index in [0.29, 0.717) is 0 Å². The zero-order chi connectivity index (χ0) is 23.1. The van der Waals surface area contributed by atoms with Crippen LogP contribution in [-0.4, -0.2) is 59.0 Å². The molecule has 2 aliphatic rings. The summed E-state index contributed by atoms with van der Waals surface area (Å²) in [6.07, 6.45) is 9.65. The van der Waals surface area contributed by atoms with Crippen LogP contribution in [0.3, 0.4) is 0 Å². The zero-order valence-electron chi connectivity index (χ0n) is 18.1. The van der Waals surface area contributed by atoms with E-state index in [9.17, 15) is 19.4 Å². The first-order valence-electron chi connectivity index (χ1n) is 10.9. The minimum atomic E-state index is -0.435. The first-order chi connectivity index (χ1) is 14.9. The summed E-state index contributed by atoms with van der Waals surface area (Å²) in [7, 11) is 0. The molecular formula is C19H34Cl2N6O4. The monoisotopic (exact) mass is 480 g/mol. The van der Waals surface area contributed by atoms with Crippen LogP contribution in [-0.2, 0) is 0 Å². The van der Waals surface area contributed by atoms with E-state index in [1.54, 1.807) is 0 Å². The Balaban J connectivity index is 0.000000311. The second kappa shape index (κ2) is 16.0. The van der Waals surface area contributed by atoms with Gasteiger partial charge in [0.15, 0.2) is 0 Å². The minimum absolute atomic E-state index is 0.153.